The number of hydrogen-bond donors (Lipinski definition) is 1. The van der Waals surface area contributed by atoms with Crippen LogP contribution in [-0.2, 0) is 6.54 Å². The predicted molar refractivity (Wildman–Crippen MR) is 67.8 cm³/mol. The molecule has 0 fully saturated rings. The van der Waals surface area contributed by atoms with E-state index in [2.05, 4.69) is 20.5 Å². The van der Waals surface area contributed by atoms with Crippen LogP contribution >= 0.6 is 0 Å². The summed E-state index contributed by atoms with van der Waals surface area (Å²) in [7, 11) is 0. The molecule has 102 valence electrons. The van der Waals surface area contributed by atoms with Gasteiger partial charge >= 0.3 is 0 Å². The number of hydrogen-bond acceptors (Lipinski definition) is 6. The second-order valence-electron chi connectivity index (χ2n) is 4.09. The quantitative estimate of drug-likeness (QED) is 0.765. The summed E-state index contributed by atoms with van der Waals surface area (Å²) < 4.78 is 19.8. The fourth-order valence-electron chi connectivity index (χ4n) is 1.71. The molecule has 0 amide bonds. The van der Waals surface area contributed by atoms with Crippen LogP contribution < -0.4 is 5.73 Å². The average Bonchev–Trinajstić information content (AvgIpc) is 3.07. The Morgan fingerprint density at radius 3 is 3.05 bits per heavy atom. The van der Waals surface area contributed by atoms with Gasteiger partial charge in [0.15, 0.2) is 5.69 Å². The van der Waals surface area contributed by atoms with Crippen LogP contribution in [0.2, 0.25) is 0 Å². The first-order chi connectivity index (χ1) is 9.76. The Balaban J connectivity index is 1.89. The third kappa shape index (κ3) is 2.41. The van der Waals surface area contributed by atoms with Crippen molar-refractivity contribution >= 4 is 0 Å². The smallest absolute Gasteiger partial charge is 0.280 e. The summed E-state index contributed by atoms with van der Waals surface area (Å²) in [5, 5.41) is 11.6. The first kappa shape index (κ1) is 12.4. The zero-order chi connectivity index (χ0) is 13.9. The Morgan fingerprint density at radius 2 is 2.25 bits per heavy atom. The molecule has 0 bridgehead atoms. The lowest BCUT2D eigenvalue weighted by Gasteiger charge is -1.92. The summed E-state index contributed by atoms with van der Waals surface area (Å²) in [6, 6.07) is 5.96. The van der Waals surface area contributed by atoms with E-state index in [1.807, 2.05) is 0 Å². The van der Waals surface area contributed by atoms with Crippen molar-refractivity contribution < 1.29 is 8.91 Å². The molecule has 0 saturated carbocycles. The van der Waals surface area contributed by atoms with E-state index in [9.17, 15) is 4.39 Å². The minimum Gasteiger partial charge on any atom is -0.332 e. The van der Waals surface area contributed by atoms with Crippen molar-refractivity contribution in [1.29, 1.82) is 0 Å². The number of nitrogens with two attached hydrogens (primary N) is 1. The summed E-state index contributed by atoms with van der Waals surface area (Å²) in [5.41, 5.74) is 6.42. The van der Waals surface area contributed by atoms with Crippen molar-refractivity contribution in [2.45, 2.75) is 6.54 Å². The minimum absolute atomic E-state index is 0.229. The van der Waals surface area contributed by atoms with Crippen LogP contribution in [0.25, 0.3) is 23.0 Å². The van der Waals surface area contributed by atoms with Crippen LogP contribution in [0, 0.1) is 5.82 Å². The molecule has 3 rings (SSSR count). The second kappa shape index (κ2) is 5.17. The zero-order valence-electron chi connectivity index (χ0n) is 10.4. The molecule has 20 heavy (non-hydrogen) atoms. The molecule has 3 aromatic rings. The van der Waals surface area contributed by atoms with E-state index in [0.717, 1.165) is 0 Å². The van der Waals surface area contributed by atoms with Crippen LogP contribution in [-0.4, -0.2) is 31.7 Å². The van der Waals surface area contributed by atoms with Crippen molar-refractivity contribution in [3.8, 4) is 23.0 Å². The van der Waals surface area contributed by atoms with Crippen molar-refractivity contribution in [2.75, 3.05) is 6.54 Å². The second-order valence-corrected chi connectivity index (χ2v) is 4.09. The van der Waals surface area contributed by atoms with E-state index >= 15 is 0 Å². The Labute approximate surface area is 113 Å². The molecule has 8 heteroatoms. The average molecular weight is 274 g/mol. The molecular weight excluding hydrogens is 263 g/mol. The first-order valence-electron chi connectivity index (χ1n) is 5.96. The highest BCUT2D eigenvalue weighted by Gasteiger charge is 2.14. The van der Waals surface area contributed by atoms with E-state index in [4.69, 9.17) is 10.3 Å². The highest BCUT2D eigenvalue weighted by atomic mass is 19.1. The number of benzene rings is 1. The van der Waals surface area contributed by atoms with Gasteiger partial charge in [0.05, 0.1) is 12.7 Å². The van der Waals surface area contributed by atoms with Gasteiger partial charge < -0.3 is 10.3 Å². The van der Waals surface area contributed by atoms with E-state index < -0.39 is 0 Å². The third-order valence-electron chi connectivity index (χ3n) is 2.62. The Hall–Kier alpha value is -2.61. The van der Waals surface area contributed by atoms with Gasteiger partial charge in [0.1, 0.15) is 5.82 Å². The fraction of sp³-hybridized carbons (Fsp3) is 0.167. The summed E-state index contributed by atoms with van der Waals surface area (Å²) in [5.74, 6) is 0.170. The van der Waals surface area contributed by atoms with Gasteiger partial charge in [0.2, 0.25) is 5.82 Å². The molecule has 0 aliphatic rings. The maximum atomic E-state index is 13.1. The number of aromatic nitrogens is 5. The summed E-state index contributed by atoms with van der Waals surface area (Å²) in [4.78, 5) is 4.17. The molecule has 0 spiro atoms. The van der Waals surface area contributed by atoms with Gasteiger partial charge in [0, 0.05) is 12.1 Å². The van der Waals surface area contributed by atoms with Gasteiger partial charge in [-0.15, -0.1) is 5.10 Å². The lowest BCUT2D eigenvalue weighted by Crippen LogP contribution is -2.10. The van der Waals surface area contributed by atoms with Gasteiger partial charge in [-0.2, -0.15) is 4.98 Å². The van der Waals surface area contributed by atoms with Gasteiger partial charge in [-0.3, -0.25) is 4.68 Å². The number of halogens is 1. The van der Waals surface area contributed by atoms with Gasteiger partial charge in [-0.25, -0.2) is 4.39 Å². The normalized spacial score (nSPS) is 10.9. The van der Waals surface area contributed by atoms with Crippen LogP contribution in [0.3, 0.4) is 0 Å². The highest BCUT2D eigenvalue weighted by molar-refractivity contribution is 5.57. The Morgan fingerprint density at radius 1 is 1.35 bits per heavy atom. The van der Waals surface area contributed by atoms with E-state index in [1.54, 1.807) is 23.0 Å². The van der Waals surface area contributed by atoms with E-state index in [0.29, 0.717) is 30.2 Å². The molecule has 0 saturated heterocycles. The van der Waals surface area contributed by atoms with Gasteiger partial charge in [-0.05, 0) is 12.1 Å². The lowest BCUT2D eigenvalue weighted by molar-refractivity contribution is 0.431. The summed E-state index contributed by atoms with van der Waals surface area (Å²) in [6.07, 6.45) is 1.66. The SMILES string of the molecule is NCCn1cc(-c2nc(-c3cccc(F)c3)no2)nn1. The molecule has 2 N–H and O–H groups in total. The Kier molecular flexibility index (Phi) is 3.21. The van der Waals surface area contributed by atoms with Crippen LogP contribution in [0.15, 0.2) is 35.0 Å². The predicted octanol–water partition coefficient (Wildman–Crippen LogP) is 1.09. The lowest BCUT2D eigenvalue weighted by atomic mass is 10.2. The molecule has 0 unspecified atom stereocenters. The van der Waals surface area contributed by atoms with Crippen molar-refractivity contribution in [3.05, 3.63) is 36.3 Å². The maximum Gasteiger partial charge on any atom is 0.280 e. The molecule has 1 aromatic carbocycles. The molecule has 7 nitrogen and oxygen atoms in total. The zero-order valence-corrected chi connectivity index (χ0v) is 10.4. The molecule has 0 atom stereocenters. The largest absolute Gasteiger partial charge is 0.332 e. The molecule has 2 heterocycles. The van der Waals surface area contributed by atoms with Gasteiger partial charge in [-0.1, -0.05) is 22.5 Å². The van der Waals surface area contributed by atoms with Crippen molar-refractivity contribution in [2.24, 2.45) is 5.73 Å². The fourth-order valence-corrected chi connectivity index (χ4v) is 1.71. The van der Waals surface area contributed by atoms with E-state index in [-0.39, 0.29) is 11.7 Å². The monoisotopic (exact) mass is 274 g/mol. The first-order valence-corrected chi connectivity index (χ1v) is 5.96. The Bertz CT molecular complexity index is 722. The maximum absolute atomic E-state index is 13.1. The van der Waals surface area contributed by atoms with Crippen LogP contribution in [0.1, 0.15) is 0 Å². The van der Waals surface area contributed by atoms with Crippen LogP contribution in [0.4, 0.5) is 4.39 Å². The topological polar surface area (TPSA) is 95.7 Å². The summed E-state index contributed by atoms with van der Waals surface area (Å²) >= 11 is 0. The molecule has 2 aromatic heterocycles. The van der Waals surface area contributed by atoms with Crippen molar-refractivity contribution in [3.63, 3.8) is 0 Å². The minimum atomic E-state index is -0.359. The molecule has 0 radical (unpaired) electrons. The number of rotatable bonds is 4. The molecular formula is C12H11FN6O. The number of nitrogens with zero attached hydrogens (tertiary/aromatic N) is 5. The van der Waals surface area contributed by atoms with Crippen LogP contribution in [0.5, 0.6) is 0 Å². The summed E-state index contributed by atoms with van der Waals surface area (Å²) in [6.45, 7) is 1.01. The van der Waals surface area contributed by atoms with Crippen molar-refractivity contribution in [1.82, 2.24) is 25.1 Å². The van der Waals surface area contributed by atoms with Gasteiger partial charge in [0.25, 0.3) is 5.89 Å². The molecule has 0 aliphatic carbocycles. The third-order valence-corrected chi connectivity index (χ3v) is 2.62. The highest BCUT2D eigenvalue weighted by Crippen LogP contribution is 2.20. The molecule has 0 aliphatic heterocycles. The standard InChI is InChI=1S/C12H11FN6O/c13-9-3-1-2-8(6-9)11-15-12(20-17-11)10-7-19(5-4-14)18-16-10/h1-3,6-7H,4-5,14H2. The van der Waals surface area contributed by atoms with E-state index in [1.165, 1.54) is 12.1 Å².